The molecule has 0 radical (unpaired) electrons. The summed E-state index contributed by atoms with van der Waals surface area (Å²) in [6, 6.07) is -1.25. The molecule has 0 aromatic rings. The molecule has 0 aromatic carbocycles. The zero-order valence-corrected chi connectivity index (χ0v) is 30.6. The van der Waals surface area contributed by atoms with Gasteiger partial charge >= 0.3 is 0 Å². The van der Waals surface area contributed by atoms with Crippen LogP contribution in [0.4, 0.5) is 0 Å². The number of unbranched alkanes of at least 4 members (excludes halogenated alkanes) is 15. The first-order valence-electron chi connectivity index (χ1n) is 18.6. The lowest BCUT2D eigenvalue weighted by Crippen LogP contribution is -2.50. The number of aliphatic hydroxyl groups is 2. The van der Waals surface area contributed by atoms with Crippen LogP contribution >= 0.6 is 0 Å². The van der Waals surface area contributed by atoms with E-state index in [-0.39, 0.29) is 6.42 Å². The third-order valence-electron chi connectivity index (χ3n) is 8.02. The smallest absolute Gasteiger partial charge is 0.267 e. The molecule has 0 saturated heterocycles. The standard InChI is InChI=1S/C39H69NO6S/c1-3-5-7-9-11-13-15-16-17-18-19-20-21-22-23-24-26-28-30-32-34-38(42)39(43)40-36(35-47(44,45)46)37(41)33-31-29-27-25-14-12-10-8-6-4-2/h5-8,11,13-14,25,31,33,36-38,41-42H,3-4,9-10,12,15-24,26-30,32,34-35H2,1-2H3,(H,40,43)(H,44,45,46)/b7-5-,8-6+,13-11-,25-14+,33-31+. The Balaban J connectivity index is 4.02. The molecule has 4 N–H and O–H groups in total. The van der Waals surface area contributed by atoms with Gasteiger partial charge < -0.3 is 15.5 Å². The highest BCUT2D eigenvalue weighted by molar-refractivity contribution is 7.85. The number of rotatable bonds is 32. The van der Waals surface area contributed by atoms with Crippen molar-refractivity contribution in [3.05, 3.63) is 60.8 Å². The molecule has 1 amide bonds. The molecule has 0 aliphatic carbocycles. The summed E-state index contributed by atoms with van der Waals surface area (Å²) in [7, 11) is -4.45. The van der Waals surface area contributed by atoms with E-state index in [1.807, 2.05) is 0 Å². The van der Waals surface area contributed by atoms with Crippen molar-refractivity contribution in [2.24, 2.45) is 0 Å². The van der Waals surface area contributed by atoms with Crippen LogP contribution in [0.1, 0.15) is 155 Å². The molecule has 0 aliphatic heterocycles. The second kappa shape index (κ2) is 32.5. The van der Waals surface area contributed by atoms with E-state index in [0.717, 1.165) is 57.8 Å². The summed E-state index contributed by atoms with van der Waals surface area (Å²) in [5.41, 5.74) is 0. The van der Waals surface area contributed by atoms with E-state index in [2.05, 4.69) is 67.8 Å². The van der Waals surface area contributed by atoms with Gasteiger partial charge in [-0.3, -0.25) is 9.35 Å². The predicted molar refractivity (Wildman–Crippen MR) is 199 cm³/mol. The number of amides is 1. The number of nitrogens with one attached hydrogen (secondary N) is 1. The van der Waals surface area contributed by atoms with Crippen LogP contribution in [0.3, 0.4) is 0 Å². The molecule has 0 aliphatic rings. The number of hydrogen-bond acceptors (Lipinski definition) is 5. The SMILES string of the molecule is CC/C=C\C/C=C\CCCCCCCCCCCCCCCC(O)C(=O)NC(CS(=O)(=O)O)C(O)/C=C/CC/C=C/CC/C=C/CC. The molecular weight excluding hydrogens is 610 g/mol. The fourth-order valence-electron chi connectivity index (χ4n) is 5.24. The van der Waals surface area contributed by atoms with E-state index in [9.17, 15) is 28.0 Å². The Bertz CT molecular complexity index is 985. The van der Waals surface area contributed by atoms with Gasteiger partial charge in [-0.2, -0.15) is 8.42 Å². The largest absolute Gasteiger partial charge is 0.387 e. The van der Waals surface area contributed by atoms with Crippen LogP contribution in [-0.4, -0.2) is 53.1 Å². The third kappa shape index (κ3) is 32.3. The monoisotopic (exact) mass is 679 g/mol. The Hall–Kier alpha value is -2.00. The number of carbonyl (C=O) groups is 1. The van der Waals surface area contributed by atoms with Gasteiger partial charge in [-0.25, -0.2) is 0 Å². The molecule has 0 bridgehead atoms. The van der Waals surface area contributed by atoms with Crippen molar-refractivity contribution in [3.8, 4) is 0 Å². The number of hydrogen-bond donors (Lipinski definition) is 4. The van der Waals surface area contributed by atoms with Crippen molar-refractivity contribution >= 4 is 16.0 Å². The highest BCUT2D eigenvalue weighted by Crippen LogP contribution is 2.14. The Morgan fingerprint density at radius 2 is 1.02 bits per heavy atom. The van der Waals surface area contributed by atoms with Crippen molar-refractivity contribution in [1.82, 2.24) is 5.32 Å². The van der Waals surface area contributed by atoms with Gasteiger partial charge in [0.2, 0.25) is 5.91 Å². The lowest BCUT2D eigenvalue weighted by Gasteiger charge is -2.22. The van der Waals surface area contributed by atoms with Crippen LogP contribution in [0.2, 0.25) is 0 Å². The molecule has 3 atom stereocenters. The molecule has 0 saturated carbocycles. The molecule has 0 aromatic heterocycles. The van der Waals surface area contributed by atoms with E-state index < -0.39 is 40.0 Å². The van der Waals surface area contributed by atoms with Gasteiger partial charge in [0, 0.05) is 0 Å². The van der Waals surface area contributed by atoms with Crippen molar-refractivity contribution in [2.75, 3.05) is 5.75 Å². The van der Waals surface area contributed by atoms with Crippen LogP contribution in [0.5, 0.6) is 0 Å². The fraction of sp³-hybridized carbons (Fsp3) is 0.718. The van der Waals surface area contributed by atoms with Gasteiger partial charge in [0.05, 0.1) is 17.9 Å². The molecule has 0 rings (SSSR count). The van der Waals surface area contributed by atoms with Gasteiger partial charge in [-0.05, 0) is 64.2 Å². The molecule has 0 heterocycles. The first-order chi connectivity index (χ1) is 22.7. The van der Waals surface area contributed by atoms with Crippen LogP contribution in [0.15, 0.2) is 60.8 Å². The Labute approximate surface area is 288 Å². The van der Waals surface area contributed by atoms with Crippen molar-refractivity contribution in [2.45, 2.75) is 173 Å². The van der Waals surface area contributed by atoms with Crippen molar-refractivity contribution in [1.29, 1.82) is 0 Å². The molecule has 3 unspecified atom stereocenters. The maximum absolute atomic E-state index is 12.5. The first-order valence-corrected chi connectivity index (χ1v) is 20.2. The van der Waals surface area contributed by atoms with Gasteiger partial charge in [-0.1, -0.05) is 152 Å². The minimum Gasteiger partial charge on any atom is -0.387 e. The topological polar surface area (TPSA) is 124 Å². The van der Waals surface area contributed by atoms with Crippen LogP contribution in [0, 0.1) is 0 Å². The average Bonchev–Trinajstić information content (AvgIpc) is 3.03. The first kappa shape index (κ1) is 45.0. The third-order valence-corrected chi connectivity index (χ3v) is 8.80. The van der Waals surface area contributed by atoms with Crippen molar-refractivity contribution < 1.29 is 28.0 Å². The summed E-state index contributed by atoms with van der Waals surface area (Å²) in [6.45, 7) is 4.26. The average molecular weight is 680 g/mol. The van der Waals surface area contributed by atoms with Gasteiger partial charge in [-0.15, -0.1) is 0 Å². The quantitative estimate of drug-likeness (QED) is 0.0319. The highest BCUT2D eigenvalue weighted by Gasteiger charge is 2.27. The van der Waals surface area contributed by atoms with E-state index in [1.165, 1.54) is 70.3 Å². The Morgan fingerprint density at radius 3 is 1.55 bits per heavy atom. The molecule has 272 valence electrons. The lowest BCUT2D eigenvalue weighted by molar-refractivity contribution is -0.130. The van der Waals surface area contributed by atoms with Crippen molar-refractivity contribution in [3.63, 3.8) is 0 Å². The summed E-state index contributed by atoms with van der Waals surface area (Å²) in [6.07, 6.45) is 41.5. The highest BCUT2D eigenvalue weighted by atomic mass is 32.2. The number of aliphatic hydroxyl groups excluding tert-OH is 2. The minimum atomic E-state index is -4.45. The van der Waals surface area contributed by atoms with E-state index in [1.54, 1.807) is 6.08 Å². The maximum atomic E-state index is 12.5. The summed E-state index contributed by atoms with van der Waals surface area (Å²) in [4.78, 5) is 12.5. The van der Waals surface area contributed by atoms with E-state index >= 15 is 0 Å². The van der Waals surface area contributed by atoms with Crippen LogP contribution < -0.4 is 5.32 Å². The second-order valence-electron chi connectivity index (χ2n) is 12.6. The maximum Gasteiger partial charge on any atom is 0.267 e. The van der Waals surface area contributed by atoms with Gasteiger partial charge in [0.15, 0.2) is 0 Å². The number of carbonyl (C=O) groups excluding carboxylic acids is 1. The molecule has 47 heavy (non-hydrogen) atoms. The van der Waals surface area contributed by atoms with Gasteiger partial charge in [0.25, 0.3) is 10.1 Å². The van der Waals surface area contributed by atoms with E-state index in [4.69, 9.17) is 0 Å². The summed E-state index contributed by atoms with van der Waals surface area (Å²) < 4.78 is 32.3. The summed E-state index contributed by atoms with van der Waals surface area (Å²) >= 11 is 0. The zero-order valence-electron chi connectivity index (χ0n) is 29.7. The summed E-state index contributed by atoms with van der Waals surface area (Å²) in [5.74, 6) is -1.57. The minimum absolute atomic E-state index is 0.267. The normalized spacial score (nSPS) is 14.7. The molecule has 7 nitrogen and oxygen atoms in total. The molecule has 0 spiro atoms. The molecule has 8 heteroatoms. The summed E-state index contributed by atoms with van der Waals surface area (Å²) in [5, 5.41) is 23.2. The van der Waals surface area contributed by atoms with Gasteiger partial charge in [0.1, 0.15) is 6.10 Å². The molecular formula is C39H69NO6S. The van der Waals surface area contributed by atoms with Crippen LogP contribution in [-0.2, 0) is 14.9 Å². The van der Waals surface area contributed by atoms with E-state index in [0.29, 0.717) is 12.8 Å². The zero-order chi connectivity index (χ0) is 34.9. The lowest BCUT2D eigenvalue weighted by atomic mass is 10.0. The predicted octanol–water partition coefficient (Wildman–Crippen LogP) is 9.48. The fourth-order valence-corrected chi connectivity index (χ4v) is 5.97. The second-order valence-corrected chi connectivity index (χ2v) is 14.1. The molecule has 0 fully saturated rings. The number of allylic oxidation sites excluding steroid dienone is 9. The Kier molecular flexibility index (Phi) is 31.2. The van der Waals surface area contributed by atoms with Crippen LogP contribution in [0.25, 0.3) is 0 Å². The Morgan fingerprint density at radius 1 is 0.596 bits per heavy atom.